The zero-order chi connectivity index (χ0) is 13.0. The largest absolute Gasteiger partial charge is 0.398 e. The first-order chi connectivity index (χ1) is 7.95. The van der Waals surface area contributed by atoms with Crippen LogP contribution in [0.15, 0.2) is 18.2 Å². The molecule has 1 rings (SSSR count). The predicted octanol–water partition coefficient (Wildman–Crippen LogP) is 1.86. The molecule has 1 aromatic carbocycles. The number of nitrogens with two attached hydrogens (primary N) is 1. The first-order valence-corrected chi connectivity index (χ1v) is 5.79. The highest BCUT2D eigenvalue weighted by atomic mass is 16.2. The summed E-state index contributed by atoms with van der Waals surface area (Å²) in [5.41, 5.74) is 8.26. The van der Waals surface area contributed by atoms with Gasteiger partial charge in [-0.25, -0.2) is 0 Å². The average Bonchev–Trinajstić information content (AvgIpc) is 2.24. The molecular formula is C13H21N3O. The number of anilines is 2. The molecule has 0 aliphatic carbocycles. The van der Waals surface area contributed by atoms with Crippen LogP contribution < -0.4 is 11.1 Å². The average molecular weight is 235 g/mol. The maximum atomic E-state index is 12.0. The van der Waals surface area contributed by atoms with Crippen LogP contribution in [-0.4, -0.2) is 30.9 Å². The van der Waals surface area contributed by atoms with Crippen molar-refractivity contribution in [2.24, 2.45) is 0 Å². The molecule has 4 heteroatoms. The van der Waals surface area contributed by atoms with Crippen molar-refractivity contribution in [3.05, 3.63) is 23.8 Å². The molecule has 3 N–H and O–H groups in total. The third-order valence-corrected chi connectivity index (χ3v) is 2.86. The second-order valence-corrected chi connectivity index (χ2v) is 4.45. The van der Waals surface area contributed by atoms with Gasteiger partial charge in [-0.05, 0) is 45.1 Å². The summed E-state index contributed by atoms with van der Waals surface area (Å²) in [4.78, 5) is 13.9. The minimum Gasteiger partial charge on any atom is -0.398 e. The molecule has 17 heavy (non-hydrogen) atoms. The summed E-state index contributed by atoms with van der Waals surface area (Å²) >= 11 is 0. The van der Waals surface area contributed by atoms with Gasteiger partial charge in [0, 0.05) is 11.4 Å². The molecule has 0 saturated carbocycles. The van der Waals surface area contributed by atoms with Crippen LogP contribution in [0.5, 0.6) is 0 Å². The van der Waals surface area contributed by atoms with Gasteiger partial charge in [-0.15, -0.1) is 0 Å². The van der Waals surface area contributed by atoms with Gasteiger partial charge in [-0.1, -0.05) is 13.0 Å². The van der Waals surface area contributed by atoms with Gasteiger partial charge in [-0.3, -0.25) is 9.69 Å². The summed E-state index contributed by atoms with van der Waals surface area (Å²) in [6.07, 6.45) is 0.778. The smallest absolute Gasteiger partial charge is 0.241 e. The zero-order valence-electron chi connectivity index (χ0n) is 10.9. The van der Waals surface area contributed by atoms with Crippen LogP contribution in [0.3, 0.4) is 0 Å². The van der Waals surface area contributed by atoms with Crippen molar-refractivity contribution < 1.29 is 4.79 Å². The van der Waals surface area contributed by atoms with E-state index in [1.54, 1.807) is 6.07 Å². The van der Waals surface area contributed by atoms with Gasteiger partial charge in [0.2, 0.25) is 5.91 Å². The Hall–Kier alpha value is -1.55. The highest BCUT2D eigenvalue weighted by Crippen LogP contribution is 2.17. The van der Waals surface area contributed by atoms with E-state index in [2.05, 4.69) is 5.32 Å². The molecule has 0 aromatic heterocycles. The molecule has 0 fully saturated rings. The van der Waals surface area contributed by atoms with Crippen molar-refractivity contribution in [2.75, 3.05) is 25.1 Å². The maximum Gasteiger partial charge on any atom is 0.241 e. The fraction of sp³-hybridized carbons (Fsp3) is 0.462. The third kappa shape index (κ3) is 3.46. The summed E-state index contributed by atoms with van der Waals surface area (Å²) in [5, 5.41) is 2.88. The number of rotatable bonds is 4. The quantitative estimate of drug-likeness (QED) is 0.783. The van der Waals surface area contributed by atoms with E-state index in [1.807, 2.05) is 45.0 Å². The summed E-state index contributed by atoms with van der Waals surface area (Å²) in [7, 11) is 3.80. The van der Waals surface area contributed by atoms with Gasteiger partial charge in [-0.2, -0.15) is 0 Å². The second kappa shape index (κ2) is 5.68. The van der Waals surface area contributed by atoms with E-state index in [0.29, 0.717) is 5.69 Å². The molecule has 0 bridgehead atoms. The van der Waals surface area contributed by atoms with Crippen molar-refractivity contribution in [1.82, 2.24) is 4.90 Å². The van der Waals surface area contributed by atoms with E-state index in [0.717, 1.165) is 17.7 Å². The highest BCUT2D eigenvalue weighted by Gasteiger charge is 2.18. The van der Waals surface area contributed by atoms with E-state index in [1.165, 1.54) is 0 Å². The highest BCUT2D eigenvalue weighted by molar-refractivity contribution is 5.95. The number of nitrogens with one attached hydrogen (secondary N) is 1. The summed E-state index contributed by atoms with van der Waals surface area (Å²) in [5.74, 6) is 0.000697. The third-order valence-electron chi connectivity index (χ3n) is 2.86. The Morgan fingerprint density at radius 2 is 2.12 bits per heavy atom. The number of benzene rings is 1. The topological polar surface area (TPSA) is 58.4 Å². The summed E-state index contributed by atoms with van der Waals surface area (Å²) in [6.45, 7) is 3.93. The van der Waals surface area contributed by atoms with Gasteiger partial charge in [0.25, 0.3) is 0 Å². The second-order valence-electron chi connectivity index (χ2n) is 4.45. The lowest BCUT2D eigenvalue weighted by molar-refractivity contribution is -0.120. The number of amides is 1. The number of nitrogen functional groups attached to an aromatic ring is 1. The van der Waals surface area contributed by atoms with Crippen molar-refractivity contribution >= 4 is 17.3 Å². The molecule has 0 heterocycles. The Bertz CT molecular complexity index is 402. The molecule has 1 atom stereocenters. The molecular weight excluding hydrogens is 214 g/mol. The van der Waals surface area contributed by atoms with Crippen LogP contribution in [0.4, 0.5) is 11.4 Å². The molecule has 0 spiro atoms. The van der Waals surface area contributed by atoms with Crippen LogP contribution in [0, 0.1) is 6.92 Å². The first-order valence-electron chi connectivity index (χ1n) is 5.79. The van der Waals surface area contributed by atoms with Crippen molar-refractivity contribution in [1.29, 1.82) is 0 Å². The van der Waals surface area contributed by atoms with Gasteiger partial charge in [0.15, 0.2) is 0 Å². The fourth-order valence-electron chi connectivity index (χ4n) is 1.73. The molecule has 0 radical (unpaired) electrons. The van der Waals surface area contributed by atoms with Crippen LogP contribution >= 0.6 is 0 Å². The molecule has 0 aliphatic heterocycles. The van der Waals surface area contributed by atoms with E-state index >= 15 is 0 Å². The number of hydrogen-bond donors (Lipinski definition) is 2. The van der Waals surface area contributed by atoms with Gasteiger partial charge >= 0.3 is 0 Å². The first kappa shape index (κ1) is 13.5. The van der Waals surface area contributed by atoms with Gasteiger partial charge in [0.1, 0.15) is 0 Å². The minimum atomic E-state index is -0.113. The van der Waals surface area contributed by atoms with Crippen molar-refractivity contribution in [3.63, 3.8) is 0 Å². The Kier molecular flexibility index (Phi) is 4.52. The molecule has 4 nitrogen and oxygen atoms in total. The molecule has 1 amide bonds. The number of aryl methyl sites for hydroxylation is 1. The number of hydrogen-bond acceptors (Lipinski definition) is 3. The van der Waals surface area contributed by atoms with E-state index in [4.69, 9.17) is 5.73 Å². The monoisotopic (exact) mass is 235 g/mol. The van der Waals surface area contributed by atoms with E-state index in [-0.39, 0.29) is 11.9 Å². The molecule has 0 saturated heterocycles. The molecule has 1 aromatic rings. The van der Waals surface area contributed by atoms with Gasteiger partial charge in [0.05, 0.1) is 6.04 Å². The molecule has 94 valence electrons. The van der Waals surface area contributed by atoms with E-state index < -0.39 is 0 Å². The number of carbonyl (C=O) groups excluding carboxylic acids is 1. The molecule has 1 unspecified atom stereocenters. The normalized spacial score (nSPS) is 12.5. The van der Waals surface area contributed by atoms with E-state index in [9.17, 15) is 4.79 Å². The Balaban J connectivity index is 2.77. The van der Waals surface area contributed by atoms with Crippen LogP contribution in [0.2, 0.25) is 0 Å². The number of likely N-dealkylation sites (N-methyl/N-ethyl adjacent to an activating group) is 1. The Morgan fingerprint density at radius 3 is 2.59 bits per heavy atom. The van der Waals surface area contributed by atoms with Crippen LogP contribution in [0.1, 0.15) is 18.9 Å². The van der Waals surface area contributed by atoms with Crippen molar-refractivity contribution in [2.45, 2.75) is 26.3 Å². The predicted molar refractivity (Wildman–Crippen MR) is 72.0 cm³/mol. The minimum absolute atomic E-state index is 0.000697. The number of nitrogens with zero attached hydrogens (tertiary/aromatic N) is 1. The SMILES string of the molecule is CCC(C(=O)Nc1ccc(C)c(N)c1)N(C)C. The van der Waals surface area contributed by atoms with Crippen LogP contribution in [0.25, 0.3) is 0 Å². The maximum absolute atomic E-state index is 12.0. The molecule has 0 aliphatic rings. The van der Waals surface area contributed by atoms with Crippen molar-refractivity contribution in [3.8, 4) is 0 Å². The van der Waals surface area contributed by atoms with Gasteiger partial charge < -0.3 is 11.1 Å². The summed E-state index contributed by atoms with van der Waals surface area (Å²) < 4.78 is 0. The number of carbonyl (C=O) groups is 1. The standard InChI is InChI=1S/C13H21N3O/c1-5-12(16(3)4)13(17)15-10-7-6-9(2)11(14)8-10/h6-8,12H,5,14H2,1-4H3,(H,15,17). The lowest BCUT2D eigenvalue weighted by Gasteiger charge is -2.22. The Labute approximate surface area is 103 Å². The van der Waals surface area contributed by atoms with Crippen LogP contribution in [-0.2, 0) is 4.79 Å². The lowest BCUT2D eigenvalue weighted by Crippen LogP contribution is -2.39. The lowest BCUT2D eigenvalue weighted by atomic mass is 10.1. The summed E-state index contributed by atoms with van der Waals surface area (Å²) in [6, 6.07) is 5.45. The fourth-order valence-corrected chi connectivity index (χ4v) is 1.73. The Morgan fingerprint density at radius 1 is 1.47 bits per heavy atom. The zero-order valence-corrected chi connectivity index (χ0v) is 10.9.